The standard InChI is InChI=1S/C8H16N2O/c1-2-5-10-8(11)7(9)6-3-4-6/h6-7H,2-5,9H2,1H3,(H,10,11). The van der Waals surface area contributed by atoms with Gasteiger partial charge in [-0.1, -0.05) is 6.92 Å². The summed E-state index contributed by atoms with van der Waals surface area (Å²) >= 11 is 0. The van der Waals surface area contributed by atoms with Crippen molar-refractivity contribution >= 4 is 5.91 Å². The van der Waals surface area contributed by atoms with Gasteiger partial charge in [0.1, 0.15) is 0 Å². The van der Waals surface area contributed by atoms with Crippen LogP contribution in [0.2, 0.25) is 0 Å². The Morgan fingerprint density at radius 2 is 2.36 bits per heavy atom. The molecule has 11 heavy (non-hydrogen) atoms. The van der Waals surface area contributed by atoms with Crippen LogP contribution >= 0.6 is 0 Å². The van der Waals surface area contributed by atoms with E-state index in [1.54, 1.807) is 0 Å². The van der Waals surface area contributed by atoms with Crippen LogP contribution in [0.4, 0.5) is 0 Å². The maximum atomic E-state index is 11.1. The van der Waals surface area contributed by atoms with Crippen LogP contribution in [0.1, 0.15) is 26.2 Å². The van der Waals surface area contributed by atoms with Gasteiger partial charge in [0.2, 0.25) is 5.91 Å². The summed E-state index contributed by atoms with van der Waals surface area (Å²) in [4.78, 5) is 11.1. The Kier molecular flexibility index (Phi) is 2.88. The first-order chi connectivity index (χ1) is 5.25. The molecule has 1 aliphatic rings. The van der Waals surface area contributed by atoms with Crippen LogP contribution < -0.4 is 11.1 Å². The molecule has 0 aromatic carbocycles. The summed E-state index contributed by atoms with van der Waals surface area (Å²) in [6.45, 7) is 2.78. The van der Waals surface area contributed by atoms with Gasteiger partial charge in [-0.2, -0.15) is 0 Å². The van der Waals surface area contributed by atoms with Gasteiger partial charge in [-0.3, -0.25) is 4.79 Å². The van der Waals surface area contributed by atoms with Gasteiger partial charge in [0.25, 0.3) is 0 Å². The fraction of sp³-hybridized carbons (Fsp3) is 0.875. The molecule has 0 radical (unpaired) electrons. The molecule has 1 saturated carbocycles. The third-order valence-electron chi connectivity index (χ3n) is 1.98. The quantitative estimate of drug-likeness (QED) is 0.613. The van der Waals surface area contributed by atoms with E-state index >= 15 is 0 Å². The van der Waals surface area contributed by atoms with E-state index in [0.717, 1.165) is 25.8 Å². The minimum atomic E-state index is -0.249. The second-order valence-corrected chi connectivity index (χ2v) is 3.15. The van der Waals surface area contributed by atoms with Gasteiger partial charge in [-0.05, 0) is 25.2 Å². The summed E-state index contributed by atoms with van der Waals surface area (Å²) in [5.41, 5.74) is 5.65. The first kappa shape index (κ1) is 8.53. The van der Waals surface area contributed by atoms with Crippen LogP contribution in [-0.2, 0) is 4.79 Å². The number of amides is 1. The molecule has 0 heterocycles. The summed E-state index contributed by atoms with van der Waals surface area (Å²) in [6, 6.07) is -0.249. The van der Waals surface area contributed by atoms with Crippen molar-refractivity contribution in [1.29, 1.82) is 0 Å². The molecular weight excluding hydrogens is 140 g/mol. The van der Waals surface area contributed by atoms with Crippen LogP contribution in [0, 0.1) is 5.92 Å². The molecule has 0 aromatic rings. The minimum Gasteiger partial charge on any atom is -0.355 e. The highest BCUT2D eigenvalue weighted by Crippen LogP contribution is 2.31. The Bertz CT molecular complexity index is 143. The highest BCUT2D eigenvalue weighted by molar-refractivity contribution is 5.82. The Morgan fingerprint density at radius 3 is 2.82 bits per heavy atom. The molecule has 0 saturated heterocycles. The monoisotopic (exact) mass is 156 g/mol. The highest BCUT2D eigenvalue weighted by atomic mass is 16.2. The van der Waals surface area contributed by atoms with E-state index in [4.69, 9.17) is 5.73 Å². The van der Waals surface area contributed by atoms with E-state index in [1.807, 2.05) is 6.92 Å². The molecule has 0 aromatic heterocycles. The average Bonchev–Trinajstić information content (AvgIpc) is 2.81. The number of carbonyl (C=O) groups excluding carboxylic acids is 1. The fourth-order valence-corrected chi connectivity index (χ4v) is 1.04. The van der Waals surface area contributed by atoms with E-state index in [-0.39, 0.29) is 11.9 Å². The van der Waals surface area contributed by atoms with Gasteiger partial charge >= 0.3 is 0 Å². The normalized spacial score (nSPS) is 19.5. The zero-order valence-corrected chi connectivity index (χ0v) is 6.97. The second-order valence-electron chi connectivity index (χ2n) is 3.15. The van der Waals surface area contributed by atoms with Gasteiger partial charge in [0.05, 0.1) is 6.04 Å². The maximum Gasteiger partial charge on any atom is 0.237 e. The van der Waals surface area contributed by atoms with E-state index in [2.05, 4.69) is 5.32 Å². The van der Waals surface area contributed by atoms with Crippen LogP contribution in [-0.4, -0.2) is 18.5 Å². The lowest BCUT2D eigenvalue weighted by molar-refractivity contribution is -0.122. The lowest BCUT2D eigenvalue weighted by Gasteiger charge is -2.09. The summed E-state index contributed by atoms with van der Waals surface area (Å²) in [5.74, 6) is 0.487. The highest BCUT2D eigenvalue weighted by Gasteiger charge is 2.32. The van der Waals surface area contributed by atoms with E-state index in [9.17, 15) is 4.79 Å². The summed E-state index contributed by atoms with van der Waals surface area (Å²) in [6.07, 6.45) is 3.23. The molecule has 3 nitrogen and oxygen atoms in total. The Morgan fingerprint density at radius 1 is 1.73 bits per heavy atom. The molecule has 0 bridgehead atoms. The van der Waals surface area contributed by atoms with Crippen molar-refractivity contribution in [2.24, 2.45) is 11.7 Å². The first-order valence-electron chi connectivity index (χ1n) is 4.29. The largest absolute Gasteiger partial charge is 0.355 e. The molecule has 0 aliphatic heterocycles. The zero-order chi connectivity index (χ0) is 8.27. The number of nitrogens with one attached hydrogen (secondary N) is 1. The molecule has 64 valence electrons. The van der Waals surface area contributed by atoms with Crippen molar-refractivity contribution in [2.45, 2.75) is 32.2 Å². The SMILES string of the molecule is CCCNC(=O)C(N)C1CC1. The van der Waals surface area contributed by atoms with Crippen molar-refractivity contribution in [3.05, 3.63) is 0 Å². The van der Waals surface area contributed by atoms with Gasteiger partial charge < -0.3 is 11.1 Å². The van der Waals surface area contributed by atoms with Gasteiger partial charge in [0, 0.05) is 6.54 Å². The Labute approximate surface area is 67.3 Å². The molecule has 1 unspecified atom stereocenters. The Balaban J connectivity index is 2.16. The van der Waals surface area contributed by atoms with Crippen LogP contribution in [0.3, 0.4) is 0 Å². The van der Waals surface area contributed by atoms with Crippen LogP contribution in [0.15, 0.2) is 0 Å². The number of nitrogens with two attached hydrogens (primary N) is 1. The molecule has 3 heteroatoms. The number of carbonyl (C=O) groups is 1. The average molecular weight is 156 g/mol. The third kappa shape index (κ3) is 2.50. The van der Waals surface area contributed by atoms with Crippen molar-refractivity contribution in [2.75, 3.05) is 6.54 Å². The summed E-state index contributed by atoms with van der Waals surface area (Å²) in [5, 5.41) is 2.79. The van der Waals surface area contributed by atoms with Crippen molar-refractivity contribution in [3.8, 4) is 0 Å². The van der Waals surface area contributed by atoms with E-state index in [1.165, 1.54) is 0 Å². The predicted molar refractivity (Wildman–Crippen MR) is 44.0 cm³/mol. The molecular formula is C8H16N2O. The number of hydrogen-bond acceptors (Lipinski definition) is 2. The van der Waals surface area contributed by atoms with E-state index < -0.39 is 0 Å². The first-order valence-corrected chi connectivity index (χ1v) is 4.29. The lowest BCUT2D eigenvalue weighted by atomic mass is 10.2. The predicted octanol–water partition coefficient (Wildman–Crippen LogP) is 0.250. The maximum absolute atomic E-state index is 11.1. The lowest BCUT2D eigenvalue weighted by Crippen LogP contribution is -2.42. The second kappa shape index (κ2) is 3.72. The topological polar surface area (TPSA) is 55.1 Å². The van der Waals surface area contributed by atoms with Crippen LogP contribution in [0.5, 0.6) is 0 Å². The number of rotatable bonds is 4. The third-order valence-corrected chi connectivity index (χ3v) is 1.98. The van der Waals surface area contributed by atoms with Crippen molar-refractivity contribution in [1.82, 2.24) is 5.32 Å². The summed E-state index contributed by atoms with van der Waals surface area (Å²) in [7, 11) is 0. The molecule has 1 amide bonds. The van der Waals surface area contributed by atoms with Crippen molar-refractivity contribution < 1.29 is 4.79 Å². The molecule has 1 atom stereocenters. The van der Waals surface area contributed by atoms with Gasteiger partial charge in [-0.25, -0.2) is 0 Å². The zero-order valence-electron chi connectivity index (χ0n) is 6.97. The van der Waals surface area contributed by atoms with Crippen molar-refractivity contribution in [3.63, 3.8) is 0 Å². The van der Waals surface area contributed by atoms with Crippen LogP contribution in [0.25, 0.3) is 0 Å². The Hall–Kier alpha value is -0.570. The number of hydrogen-bond donors (Lipinski definition) is 2. The van der Waals surface area contributed by atoms with Gasteiger partial charge in [-0.15, -0.1) is 0 Å². The molecule has 1 rings (SSSR count). The molecule has 1 fully saturated rings. The summed E-state index contributed by atoms with van der Waals surface area (Å²) < 4.78 is 0. The molecule has 3 N–H and O–H groups in total. The smallest absolute Gasteiger partial charge is 0.237 e. The fourth-order valence-electron chi connectivity index (χ4n) is 1.04. The molecule has 1 aliphatic carbocycles. The van der Waals surface area contributed by atoms with Gasteiger partial charge in [0.15, 0.2) is 0 Å². The van der Waals surface area contributed by atoms with E-state index in [0.29, 0.717) is 5.92 Å². The molecule has 0 spiro atoms. The minimum absolute atomic E-state index is 0.0225.